The summed E-state index contributed by atoms with van der Waals surface area (Å²) in [6, 6.07) is 0. The number of rotatable bonds is 6. The minimum Gasteiger partial charge on any atom is -0.277 e. The molecule has 0 fully saturated rings. The van der Waals surface area contributed by atoms with Crippen molar-refractivity contribution in [3.8, 4) is 0 Å². The third-order valence-electron chi connectivity index (χ3n) is 1.68. The predicted octanol–water partition coefficient (Wildman–Crippen LogP) is 2.57. The van der Waals surface area contributed by atoms with Crippen molar-refractivity contribution < 1.29 is 4.84 Å². The zero-order valence-electron chi connectivity index (χ0n) is 7.89. The van der Waals surface area contributed by atoms with Crippen LogP contribution in [0.3, 0.4) is 0 Å². The fourth-order valence-electron chi connectivity index (χ4n) is 0.987. The summed E-state index contributed by atoms with van der Waals surface area (Å²) in [4.78, 5) is 5.09. The first-order chi connectivity index (χ1) is 5.26. The fourth-order valence-corrected chi connectivity index (χ4v) is 0.987. The monoisotopic (exact) mass is 157 g/mol. The van der Waals surface area contributed by atoms with Gasteiger partial charge in [-0.3, -0.25) is 9.90 Å². The van der Waals surface area contributed by atoms with Crippen molar-refractivity contribution in [1.82, 2.24) is 5.06 Å². The van der Waals surface area contributed by atoms with Gasteiger partial charge in [0.05, 0.1) is 7.11 Å². The molecule has 0 amide bonds. The van der Waals surface area contributed by atoms with Gasteiger partial charge in [-0.25, -0.2) is 0 Å². The van der Waals surface area contributed by atoms with Crippen molar-refractivity contribution in [2.75, 3.05) is 13.7 Å². The van der Waals surface area contributed by atoms with E-state index < -0.39 is 0 Å². The van der Waals surface area contributed by atoms with Gasteiger partial charge < -0.3 is 0 Å². The molecule has 66 valence electrons. The lowest BCUT2D eigenvalue weighted by Gasteiger charge is -2.21. The van der Waals surface area contributed by atoms with E-state index in [0.717, 1.165) is 18.7 Å². The second-order valence-corrected chi connectivity index (χ2v) is 2.55. The summed E-state index contributed by atoms with van der Waals surface area (Å²) >= 11 is 0. The lowest BCUT2D eigenvalue weighted by molar-refractivity contribution is -0.0982. The highest BCUT2D eigenvalue weighted by Crippen LogP contribution is 2.09. The number of hydrogen-bond acceptors (Lipinski definition) is 2. The summed E-state index contributed by atoms with van der Waals surface area (Å²) in [5, 5.41) is 1.83. The second kappa shape index (κ2) is 6.23. The molecule has 2 nitrogen and oxygen atoms in total. The molecule has 0 saturated heterocycles. The fraction of sp³-hybridized carbons (Fsp3) is 0.778. The molecular weight excluding hydrogens is 138 g/mol. The van der Waals surface area contributed by atoms with Gasteiger partial charge >= 0.3 is 0 Å². The lowest BCUT2D eigenvalue weighted by Crippen LogP contribution is -2.20. The van der Waals surface area contributed by atoms with E-state index in [1.807, 2.05) is 5.06 Å². The second-order valence-electron chi connectivity index (χ2n) is 2.55. The van der Waals surface area contributed by atoms with Crippen LogP contribution in [0.1, 0.15) is 33.1 Å². The summed E-state index contributed by atoms with van der Waals surface area (Å²) in [5.74, 6) is 0. The minimum atomic E-state index is 0.874. The Bertz CT molecular complexity index is 108. The van der Waals surface area contributed by atoms with Crippen molar-refractivity contribution in [3.63, 3.8) is 0 Å². The van der Waals surface area contributed by atoms with E-state index in [0.29, 0.717) is 0 Å². The van der Waals surface area contributed by atoms with E-state index >= 15 is 0 Å². The van der Waals surface area contributed by atoms with Gasteiger partial charge in [0.2, 0.25) is 0 Å². The van der Waals surface area contributed by atoms with E-state index in [1.165, 1.54) is 12.8 Å². The first kappa shape index (κ1) is 10.5. The Morgan fingerprint density at radius 1 is 1.45 bits per heavy atom. The molecule has 0 aromatic rings. The van der Waals surface area contributed by atoms with Gasteiger partial charge in [0.1, 0.15) is 0 Å². The van der Waals surface area contributed by atoms with Crippen LogP contribution in [0.25, 0.3) is 0 Å². The summed E-state index contributed by atoms with van der Waals surface area (Å²) in [6.45, 7) is 9.04. The lowest BCUT2D eigenvalue weighted by atomic mass is 10.2. The molecule has 11 heavy (non-hydrogen) atoms. The van der Waals surface area contributed by atoms with Gasteiger partial charge in [-0.2, -0.15) is 0 Å². The van der Waals surface area contributed by atoms with Crippen LogP contribution in [0, 0.1) is 0 Å². The van der Waals surface area contributed by atoms with Gasteiger partial charge in [0, 0.05) is 12.2 Å². The van der Waals surface area contributed by atoms with E-state index in [9.17, 15) is 0 Å². The van der Waals surface area contributed by atoms with Crippen LogP contribution in [-0.2, 0) is 4.84 Å². The molecule has 0 aliphatic rings. The number of hydroxylamine groups is 2. The normalized spacial score (nSPS) is 9.73. The molecule has 0 N–H and O–H groups in total. The number of allylic oxidation sites excluding steroid dienone is 1. The summed E-state index contributed by atoms with van der Waals surface area (Å²) in [5.41, 5.74) is 1.08. The molecule has 0 aromatic carbocycles. The van der Waals surface area contributed by atoms with Crippen LogP contribution in [0.15, 0.2) is 12.3 Å². The topological polar surface area (TPSA) is 12.5 Å². The smallest absolute Gasteiger partial charge is 0.0638 e. The Morgan fingerprint density at radius 2 is 2.09 bits per heavy atom. The Balaban J connectivity index is 3.61. The highest BCUT2D eigenvalue weighted by Gasteiger charge is 2.01. The van der Waals surface area contributed by atoms with Crippen LogP contribution in [-0.4, -0.2) is 18.7 Å². The van der Waals surface area contributed by atoms with Gasteiger partial charge in [-0.1, -0.05) is 19.9 Å². The van der Waals surface area contributed by atoms with Crippen molar-refractivity contribution in [3.05, 3.63) is 12.3 Å². The average molecular weight is 157 g/mol. The molecule has 0 aliphatic carbocycles. The number of hydrogen-bond donors (Lipinski definition) is 0. The quantitative estimate of drug-likeness (QED) is 0.549. The average Bonchev–Trinajstić information content (AvgIpc) is 2.03. The first-order valence-corrected chi connectivity index (χ1v) is 4.25. The van der Waals surface area contributed by atoms with Crippen LogP contribution >= 0.6 is 0 Å². The maximum absolute atomic E-state index is 5.09. The van der Waals surface area contributed by atoms with Crippen molar-refractivity contribution in [1.29, 1.82) is 0 Å². The largest absolute Gasteiger partial charge is 0.277 e. The zero-order chi connectivity index (χ0) is 8.69. The molecule has 0 spiro atoms. The van der Waals surface area contributed by atoms with E-state index in [2.05, 4.69) is 20.4 Å². The van der Waals surface area contributed by atoms with Crippen LogP contribution < -0.4 is 0 Å². The predicted molar refractivity (Wildman–Crippen MR) is 48.1 cm³/mol. The molecule has 0 atom stereocenters. The Labute approximate surface area is 69.8 Å². The molecule has 0 heterocycles. The summed E-state index contributed by atoms with van der Waals surface area (Å²) in [7, 11) is 1.68. The SMILES string of the molecule is C=C(CCCC)N(CC)OC. The maximum Gasteiger partial charge on any atom is 0.0638 e. The van der Waals surface area contributed by atoms with Crippen LogP contribution in [0.4, 0.5) is 0 Å². The number of nitrogens with zero attached hydrogens (tertiary/aromatic N) is 1. The Kier molecular flexibility index (Phi) is 5.94. The van der Waals surface area contributed by atoms with Gasteiger partial charge in [0.15, 0.2) is 0 Å². The van der Waals surface area contributed by atoms with Crippen molar-refractivity contribution in [2.24, 2.45) is 0 Å². The summed E-state index contributed by atoms with van der Waals surface area (Å²) in [6.07, 6.45) is 3.44. The summed E-state index contributed by atoms with van der Waals surface area (Å²) < 4.78 is 0. The van der Waals surface area contributed by atoms with E-state index in [-0.39, 0.29) is 0 Å². The third-order valence-corrected chi connectivity index (χ3v) is 1.68. The molecule has 0 radical (unpaired) electrons. The Morgan fingerprint density at radius 3 is 2.45 bits per heavy atom. The maximum atomic E-state index is 5.09. The zero-order valence-corrected chi connectivity index (χ0v) is 7.89. The third kappa shape index (κ3) is 4.04. The molecule has 0 rings (SSSR count). The van der Waals surface area contributed by atoms with Crippen LogP contribution in [0.2, 0.25) is 0 Å². The highest BCUT2D eigenvalue weighted by atomic mass is 16.7. The van der Waals surface area contributed by atoms with Crippen molar-refractivity contribution >= 4 is 0 Å². The van der Waals surface area contributed by atoms with E-state index in [1.54, 1.807) is 7.11 Å². The minimum absolute atomic E-state index is 0.874. The van der Waals surface area contributed by atoms with E-state index in [4.69, 9.17) is 4.84 Å². The molecular formula is C9H19NO. The van der Waals surface area contributed by atoms with Gasteiger partial charge in [-0.15, -0.1) is 0 Å². The van der Waals surface area contributed by atoms with Crippen LogP contribution in [0.5, 0.6) is 0 Å². The molecule has 0 unspecified atom stereocenters. The first-order valence-electron chi connectivity index (χ1n) is 4.25. The standard InChI is InChI=1S/C9H19NO/c1-5-7-8-9(3)10(6-2)11-4/h3,5-8H2,1-2,4H3. The number of unbranched alkanes of at least 4 members (excludes halogenated alkanes) is 1. The van der Waals surface area contributed by atoms with Gasteiger partial charge in [0.25, 0.3) is 0 Å². The molecule has 0 aromatic heterocycles. The molecule has 0 aliphatic heterocycles. The molecule has 0 bridgehead atoms. The van der Waals surface area contributed by atoms with Gasteiger partial charge in [-0.05, 0) is 19.8 Å². The van der Waals surface area contributed by atoms with Crippen molar-refractivity contribution in [2.45, 2.75) is 33.1 Å². The molecule has 2 heteroatoms. The highest BCUT2D eigenvalue weighted by molar-refractivity contribution is 4.89. The molecule has 0 saturated carbocycles. The Hall–Kier alpha value is -0.500.